The van der Waals surface area contributed by atoms with Crippen molar-refractivity contribution in [2.75, 3.05) is 18.0 Å². The highest BCUT2D eigenvalue weighted by Crippen LogP contribution is 2.48. The van der Waals surface area contributed by atoms with E-state index in [0.717, 1.165) is 11.6 Å². The van der Waals surface area contributed by atoms with Gasteiger partial charge >= 0.3 is 0 Å². The van der Waals surface area contributed by atoms with Gasteiger partial charge in [-0.05, 0) is 56.1 Å². The summed E-state index contributed by atoms with van der Waals surface area (Å²) in [4.78, 5) is 5.08. The van der Waals surface area contributed by atoms with E-state index in [0.29, 0.717) is 6.04 Å². The lowest BCUT2D eigenvalue weighted by Crippen LogP contribution is -2.37. The molecule has 0 aliphatic carbocycles. The van der Waals surface area contributed by atoms with Crippen molar-refractivity contribution in [2.45, 2.75) is 41.5 Å². The largest absolute Gasteiger partial charge is 0.340 e. The van der Waals surface area contributed by atoms with Crippen molar-refractivity contribution in [1.82, 2.24) is 5.32 Å². The quantitative estimate of drug-likeness (QED) is 0.794. The predicted octanol–water partition coefficient (Wildman–Crippen LogP) is 5.47. The van der Waals surface area contributed by atoms with Crippen molar-refractivity contribution < 1.29 is 0 Å². The molecule has 2 aliphatic rings. The fourth-order valence-electron chi connectivity index (χ4n) is 3.50. The molecule has 4 heteroatoms. The normalized spacial score (nSPS) is 20.0. The number of nitrogens with one attached hydrogen (secondary N) is 1. The molecule has 0 radical (unpaired) electrons. The van der Waals surface area contributed by atoms with Crippen molar-refractivity contribution >= 4 is 34.7 Å². The van der Waals surface area contributed by atoms with Gasteiger partial charge in [0.25, 0.3) is 0 Å². The number of hydrogen-bond donors (Lipinski definition) is 1. The number of anilines is 2. The molecule has 23 heavy (non-hydrogen) atoms. The zero-order chi connectivity index (χ0) is 15.6. The number of piperidine rings is 1. The molecule has 2 aromatic rings. The smallest absolute Gasteiger partial charge is 0.0567 e. The predicted molar refractivity (Wildman–Crippen MR) is 99.3 cm³/mol. The molecule has 0 bridgehead atoms. The second-order valence-electron chi connectivity index (χ2n) is 6.27. The average Bonchev–Trinajstić information content (AvgIpc) is 2.60. The highest BCUT2D eigenvalue weighted by atomic mass is 35.5. The molecule has 1 N–H and O–H groups in total. The molecule has 0 amide bonds. The number of rotatable bonds is 3. The number of para-hydroxylation sites is 1. The first-order valence-electron chi connectivity index (χ1n) is 8.38. The van der Waals surface area contributed by atoms with E-state index in [9.17, 15) is 0 Å². The van der Waals surface area contributed by atoms with Gasteiger partial charge < -0.3 is 10.2 Å². The molecular weight excluding hydrogens is 324 g/mol. The highest BCUT2D eigenvalue weighted by molar-refractivity contribution is 7.99. The van der Waals surface area contributed by atoms with Gasteiger partial charge in [-0.25, -0.2) is 0 Å². The van der Waals surface area contributed by atoms with Crippen LogP contribution in [0.3, 0.4) is 0 Å². The molecule has 1 saturated heterocycles. The van der Waals surface area contributed by atoms with Gasteiger partial charge in [0.2, 0.25) is 0 Å². The SMILES string of the molecule is Clc1ccc2c(c1)N(CCC1CCCCN1)c1ccccc1S2. The van der Waals surface area contributed by atoms with Crippen LogP contribution in [0.15, 0.2) is 52.3 Å². The number of halogens is 1. The molecule has 1 fully saturated rings. The van der Waals surface area contributed by atoms with E-state index in [1.165, 1.54) is 53.4 Å². The summed E-state index contributed by atoms with van der Waals surface area (Å²) in [5.74, 6) is 0. The first kappa shape index (κ1) is 15.4. The molecule has 2 nitrogen and oxygen atoms in total. The topological polar surface area (TPSA) is 15.3 Å². The van der Waals surface area contributed by atoms with Crippen LogP contribution in [0.1, 0.15) is 25.7 Å². The van der Waals surface area contributed by atoms with E-state index >= 15 is 0 Å². The molecule has 1 atom stereocenters. The Morgan fingerprint density at radius 3 is 2.83 bits per heavy atom. The van der Waals surface area contributed by atoms with Crippen molar-refractivity contribution in [3.8, 4) is 0 Å². The second-order valence-corrected chi connectivity index (χ2v) is 7.79. The minimum atomic E-state index is 0.646. The third kappa shape index (κ3) is 3.23. The van der Waals surface area contributed by atoms with Crippen molar-refractivity contribution in [3.63, 3.8) is 0 Å². The van der Waals surface area contributed by atoms with Crippen molar-refractivity contribution in [1.29, 1.82) is 0 Å². The minimum Gasteiger partial charge on any atom is -0.340 e. The molecule has 0 saturated carbocycles. The average molecular weight is 345 g/mol. The van der Waals surface area contributed by atoms with Crippen LogP contribution in [-0.4, -0.2) is 19.1 Å². The molecule has 120 valence electrons. The zero-order valence-electron chi connectivity index (χ0n) is 13.1. The first-order valence-corrected chi connectivity index (χ1v) is 9.58. The maximum absolute atomic E-state index is 6.27. The lowest BCUT2D eigenvalue weighted by molar-refractivity contribution is 0.385. The standard InChI is InChI=1S/C19H21ClN2S/c20-14-8-9-19-17(13-14)22(12-10-15-5-3-4-11-21-15)16-6-1-2-7-18(16)23-19/h1-2,6-9,13,15,21H,3-5,10-12H2. The third-order valence-corrected chi connectivity index (χ3v) is 6.07. The molecule has 1 unspecified atom stereocenters. The van der Waals surface area contributed by atoms with Gasteiger partial charge in [0.15, 0.2) is 0 Å². The molecule has 2 aliphatic heterocycles. The summed E-state index contributed by atoms with van der Waals surface area (Å²) in [6.45, 7) is 2.20. The van der Waals surface area contributed by atoms with Gasteiger partial charge in [-0.3, -0.25) is 0 Å². The summed E-state index contributed by atoms with van der Waals surface area (Å²) in [5.41, 5.74) is 2.56. The van der Waals surface area contributed by atoms with Gasteiger partial charge in [-0.15, -0.1) is 0 Å². The van der Waals surface area contributed by atoms with E-state index in [1.54, 1.807) is 0 Å². The summed E-state index contributed by atoms with van der Waals surface area (Å²) < 4.78 is 0. The van der Waals surface area contributed by atoms with E-state index in [1.807, 2.05) is 17.8 Å². The summed E-state index contributed by atoms with van der Waals surface area (Å²) in [7, 11) is 0. The van der Waals surface area contributed by atoms with Gasteiger partial charge in [-0.1, -0.05) is 41.9 Å². The Bertz CT molecular complexity index is 698. The maximum atomic E-state index is 6.27. The Kier molecular flexibility index (Phi) is 4.52. The number of benzene rings is 2. The Balaban J connectivity index is 1.62. The summed E-state index contributed by atoms with van der Waals surface area (Å²) >= 11 is 8.11. The van der Waals surface area contributed by atoms with Gasteiger partial charge in [0.05, 0.1) is 11.4 Å². The Labute approximate surface area is 147 Å². The van der Waals surface area contributed by atoms with Crippen LogP contribution in [0, 0.1) is 0 Å². The van der Waals surface area contributed by atoms with Crippen LogP contribution >= 0.6 is 23.4 Å². The van der Waals surface area contributed by atoms with Gasteiger partial charge in [-0.2, -0.15) is 0 Å². The van der Waals surface area contributed by atoms with E-state index in [2.05, 4.69) is 46.6 Å². The van der Waals surface area contributed by atoms with Crippen LogP contribution in [0.4, 0.5) is 11.4 Å². The van der Waals surface area contributed by atoms with Crippen LogP contribution in [0.25, 0.3) is 0 Å². The van der Waals surface area contributed by atoms with Crippen molar-refractivity contribution in [3.05, 3.63) is 47.5 Å². The molecule has 2 heterocycles. The van der Waals surface area contributed by atoms with Gasteiger partial charge in [0.1, 0.15) is 0 Å². The molecule has 4 rings (SSSR count). The van der Waals surface area contributed by atoms with E-state index < -0.39 is 0 Å². The second kappa shape index (κ2) is 6.76. The number of fused-ring (bicyclic) bond motifs is 2. The lowest BCUT2D eigenvalue weighted by atomic mass is 10.0. The first-order chi connectivity index (χ1) is 11.3. The monoisotopic (exact) mass is 344 g/mol. The summed E-state index contributed by atoms with van der Waals surface area (Å²) in [6, 6.07) is 15.6. The van der Waals surface area contributed by atoms with Crippen LogP contribution in [0.5, 0.6) is 0 Å². The third-order valence-electron chi connectivity index (χ3n) is 4.70. The maximum Gasteiger partial charge on any atom is 0.0567 e. The summed E-state index contributed by atoms with van der Waals surface area (Å²) in [6.07, 6.45) is 5.14. The Morgan fingerprint density at radius 2 is 1.96 bits per heavy atom. The van der Waals surface area contributed by atoms with E-state index in [4.69, 9.17) is 11.6 Å². The van der Waals surface area contributed by atoms with Gasteiger partial charge in [0, 0.05) is 27.4 Å². The zero-order valence-corrected chi connectivity index (χ0v) is 14.7. The lowest BCUT2D eigenvalue weighted by Gasteiger charge is -2.34. The number of hydrogen-bond acceptors (Lipinski definition) is 3. The number of nitrogens with zero attached hydrogens (tertiary/aromatic N) is 1. The molecule has 2 aromatic carbocycles. The Hall–Kier alpha value is -1.16. The van der Waals surface area contributed by atoms with Crippen LogP contribution in [0.2, 0.25) is 5.02 Å². The molecule has 0 spiro atoms. The molecular formula is C19H21ClN2S. The fraction of sp³-hybridized carbons (Fsp3) is 0.368. The van der Waals surface area contributed by atoms with Crippen molar-refractivity contribution in [2.24, 2.45) is 0 Å². The van der Waals surface area contributed by atoms with Crippen LogP contribution in [-0.2, 0) is 0 Å². The Morgan fingerprint density at radius 1 is 1.09 bits per heavy atom. The molecule has 0 aromatic heterocycles. The van der Waals surface area contributed by atoms with Crippen LogP contribution < -0.4 is 10.2 Å². The van der Waals surface area contributed by atoms with E-state index in [-0.39, 0.29) is 0 Å². The fourth-order valence-corrected chi connectivity index (χ4v) is 4.74. The highest BCUT2D eigenvalue weighted by Gasteiger charge is 2.24. The summed E-state index contributed by atoms with van der Waals surface area (Å²) in [5, 5.41) is 4.47. The minimum absolute atomic E-state index is 0.646.